The summed E-state index contributed by atoms with van der Waals surface area (Å²) >= 11 is 1.38. The van der Waals surface area contributed by atoms with E-state index in [-0.39, 0.29) is 17.9 Å². The Bertz CT molecular complexity index is 951. The number of hydrogen-bond acceptors (Lipinski definition) is 4. The van der Waals surface area contributed by atoms with Gasteiger partial charge in [-0.25, -0.2) is 0 Å². The highest BCUT2D eigenvalue weighted by atomic mass is 32.1. The lowest BCUT2D eigenvalue weighted by Gasteiger charge is -2.13. The summed E-state index contributed by atoms with van der Waals surface area (Å²) in [6, 6.07) is 18.4. The highest BCUT2D eigenvalue weighted by Crippen LogP contribution is 2.15. The van der Waals surface area contributed by atoms with Crippen molar-refractivity contribution in [2.24, 2.45) is 0 Å². The number of anilines is 1. The van der Waals surface area contributed by atoms with Crippen LogP contribution in [-0.4, -0.2) is 17.9 Å². The molecule has 2 aromatic carbocycles. The Hall–Kier alpha value is -2.96. The number of carbonyl (C=O) groups is 2. The van der Waals surface area contributed by atoms with Gasteiger partial charge in [-0.2, -0.15) is 0 Å². The molecule has 0 saturated heterocycles. The van der Waals surface area contributed by atoms with Crippen molar-refractivity contribution in [3.8, 4) is 0 Å². The Morgan fingerprint density at radius 3 is 2.31 bits per heavy atom. The fourth-order valence-corrected chi connectivity index (χ4v) is 3.33. The molecule has 0 atom stereocenters. The van der Waals surface area contributed by atoms with Gasteiger partial charge in [-0.15, -0.1) is 11.3 Å². The van der Waals surface area contributed by atoms with Crippen LogP contribution in [0.5, 0.6) is 0 Å². The zero-order chi connectivity index (χ0) is 20.6. The van der Waals surface area contributed by atoms with Crippen molar-refractivity contribution in [1.29, 1.82) is 0 Å². The highest BCUT2D eigenvalue weighted by Gasteiger charge is 2.10. The minimum Gasteiger partial charge on any atom is -0.374 e. The monoisotopic (exact) mass is 408 g/mol. The fraction of sp³-hybridized carbons (Fsp3) is 0.217. The Morgan fingerprint density at radius 1 is 0.931 bits per heavy atom. The van der Waals surface area contributed by atoms with E-state index in [0.29, 0.717) is 29.3 Å². The topological polar surface area (TPSA) is 67.4 Å². The van der Waals surface area contributed by atoms with Crippen molar-refractivity contribution in [3.05, 3.63) is 87.6 Å². The number of carbonyl (C=O) groups excluding carboxylic acids is 2. The SMILES string of the molecule is CC(C)OCc1ccccc1CNC(=O)c1ccc(NC(=O)c2cccs2)cc1. The average molecular weight is 409 g/mol. The quantitative estimate of drug-likeness (QED) is 0.560. The molecule has 0 aliphatic rings. The van der Waals surface area contributed by atoms with Crippen LogP contribution in [0.3, 0.4) is 0 Å². The summed E-state index contributed by atoms with van der Waals surface area (Å²) in [5.74, 6) is -0.321. The molecule has 0 fully saturated rings. The molecule has 0 bridgehead atoms. The number of amides is 2. The van der Waals surface area contributed by atoms with Gasteiger partial charge in [0.15, 0.2) is 0 Å². The molecule has 0 spiro atoms. The van der Waals surface area contributed by atoms with Gasteiger partial charge < -0.3 is 15.4 Å². The zero-order valence-corrected chi connectivity index (χ0v) is 17.3. The molecule has 3 aromatic rings. The minimum atomic E-state index is -0.166. The third kappa shape index (κ3) is 6.01. The number of benzene rings is 2. The Kier molecular flexibility index (Phi) is 7.16. The van der Waals surface area contributed by atoms with Crippen LogP contribution in [0.25, 0.3) is 0 Å². The van der Waals surface area contributed by atoms with E-state index in [1.54, 1.807) is 30.3 Å². The first-order chi connectivity index (χ1) is 14.0. The first-order valence-corrected chi connectivity index (χ1v) is 10.3. The molecule has 0 radical (unpaired) electrons. The minimum absolute atomic E-state index is 0.150. The van der Waals surface area contributed by atoms with Gasteiger partial charge in [0.25, 0.3) is 11.8 Å². The lowest BCUT2D eigenvalue weighted by Crippen LogP contribution is -2.23. The third-order valence-electron chi connectivity index (χ3n) is 4.28. The summed E-state index contributed by atoms with van der Waals surface area (Å²) < 4.78 is 5.69. The second kappa shape index (κ2) is 10.0. The standard InChI is InChI=1S/C23H24N2O3S/c1-16(2)28-15-19-7-4-3-6-18(19)14-24-22(26)17-9-11-20(12-10-17)25-23(27)21-8-5-13-29-21/h3-13,16H,14-15H2,1-2H3,(H,24,26)(H,25,27). The van der Waals surface area contributed by atoms with E-state index in [2.05, 4.69) is 10.6 Å². The van der Waals surface area contributed by atoms with Crippen LogP contribution in [0.2, 0.25) is 0 Å². The maximum atomic E-state index is 12.5. The van der Waals surface area contributed by atoms with E-state index in [0.717, 1.165) is 11.1 Å². The van der Waals surface area contributed by atoms with Crippen molar-refractivity contribution >= 4 is 28.8 Å². The van der Waals surface area contributed by atoms with Crippen LogP contribution in [0, 0.1) is 0 Å². The van der Waals surface area contributed by atoms with Gasteiger partial charge in [0.1, 0.15) is 0 Å². The summed E-state index contributed by atoms with van der Waals surface area (Å²) in [5.41, 5.74) is 3.28. The van der Waals surface area contributed by atoms with E-state index in [1.807, 2.05) is 49.6 Å². The molecule has 0 aliphatic heterocycles. The van der Waals surface area contributed by atoms with Crippen molar-refractivity contribution in [3.63, 3.8) is 0 Å². The number of nitrogens with one attached hydrogen (secondary N) is 2. The summed E-state index contributed by atoms with van der Waals surface area (Å²) in [4.78, 5) is 25.2. The molecule has 0 unspecified atom stereocenters. The lowest BCUT2D eigenvalue weighted by atomic mass is 10.1. The summed E-state index contributed by atoms with van der Waals surface area (Å²) in [6.07, 6.45) is 0.150. The Labute approximate surface area is 174 Å². The van der Waals surface area contributed by atoms with E-state index in [9.17, 15) is 9.59 Å². The van der Waals surface area contributed by atoms with E-state index in [4.69, 9.17) is 4.74 Å². The second-order valence-corrected chi connectivity index (χ2v) is 7.77. The molecule has 29 heavy (non-hydrogen) atoms. The van der Waals surface area contributed by atoms with E-state index in [1.165, 1.54) is 11.3 Å². The van der Waals surface area contributed by atoms with Crippen LogP contribution in [0.4, 0.5) is 5.69 Å². The van der Waals surface area contributed by atoms with Crippen LogP contribution < -0.4 is 10.6 Å². The van der Waals surface area contributed by atoms with Crippen LogP contribution >= 0.6 is 11.3 Å². The third-order valence-corrected chi connectivity index (χ3v) is 5.15. The van der Waals surface area contributed by atoms with Gasteiger partial charge in [-0.3, -0.25) is 9.59 Å². The molecular weight excluding hydrogens is 384 g/mol. The number of thiophene rings is 1. The molecular formula is C23H24N2O3S. The van der Waals surface area contributed by atoms with Gasteiger partial charge in [0.2, 0.25) is 0 Å². The van der Waals surface area contributed by atoms with Crippen LogP contribution in [0.15, 0.2) is 66.0 Å². The second-order valence-electron chi connectivity index (χ2n) is 6.82. The lowest BCUT2D eigenvalue weighted by molar-refractivity contribution is 0.0651. The van der Waals surface area contributed by atoms with Gasteiger partial charge in [0.05, 0.1) is 17.6 Å². The van der Waals surface area contributed by atoms with Gasteiger partial charge >= 0.3 is 0 Å². The molecule has 5 nitrogen and oxygen atoms in total. The van der Waals surface area contributed by atoms with Crippen molar-refractivity contribution < 1.29 is 14.3 Å². The molecule has 3 rings (SSSR count). The molecule has 0 aliphatic carbocycles. The van der Waals surface area contributed by atoms with Gasteiger partial charge in [-0.1, -0.05) is 30.3 Å². The first kappa shape index (κ1) is 20.8. The van der Waals surface area contributed by atoms with Crippen molar-refractivity contribution in [1.82, 2.24) is 5.32 Å². The largest absolute Gasteiger partial charge is 0.374 e. The molecule has 0 saturated carbocycles. The number of rotatable bonds is 8. The summed E-state index contributed by atoms with van der Waals surface area (Å²) in [6.45, 7) is 4.93. The first-order valence-electron chi connectivity index (χ1n) is 9.44. The summed E-state index contributed by atoms with van der Waals surface area (Å²) in [7, 11) is 0. The molecule has 150 valence electrons. The van der Waals surface area contributed by atoms with Crippen LogP contribution in [0.1, 0.15) is 45.0 Å². The predicted octanol–water partition coefficient (Wildman–Crippen LogP) is 4.86. The number of hydrogen-bond donors (Lipinski definition) is 2. The Balaban J connectivity index is 1.57. The zero-order valence-electron chi connectivity index (χ0n) is 16.5. The normalized spacial score (nSPS) is 10.7. The molecule has 1 heterocycles. The molecule has 2 N–H and O–H groups in total. The van der Waals surface area contributed by atoms with Crippen LogP contribution in [-0.2, 0) is 17.9 Å². The Morgan fingerprint density at radius 2 is 1.66 bits per heavy atom. The maximum absolute atomic E-state index is 12.5. The van der Waals surface area contributed by atoms with Gasteiger partial charge in [0, 0.05) is 17.8 Å². The fourth-order valence-electron chi connectivity index (χ4n) is 2.71. The summed E-state index contributed by atoms with van der Waals surface area (Å²) in [5, 5.41) is 7.63. The van der Waals surface area contributed by atoms with Gasteiger partial charge in [-0.05, 0) is 60.7 Å². The van der Waals surface area contributed by atoms with Crippen molar-refractivity contribution in [2.45, 2.75) is 33.1 Å². The maximum Gasteiger partial charge on any atom is 0.265 e. The van der Waals surface area contributed by atoms with Crippen molar-refractivity contribution in [2.75, 3.05) is 5.32 Å². The van der Waals surface area contributed by atoms with E-state index < -0.39 is 0 Å². The van der Waals surface area contributed by atoms with E-state index >= 15 is 0 Å². The molecule has 6 heteroatoms. The smallest absolute Gasteiger partial charge is 0.265 e. The predicted molar refractivity (Wildman–Crippen MR) is 116 cm³/mol. The number of ether oxygens (including phenoxy) is 1. The molecule has 1 aromatic heterocycles. The average Bonchev–Trinajstić information content (AvgIpc) is 3.26. The molecule has 2 amide bonds. The highest BCUT2D eigenvalue weighted by molar-refractivity contribution is 7.12.